The molecule has 0 saturated heterocycles. The Bertz CT molecular complexity index is 299. The van der Waals surface area contributed by atoms with E-state index in [4.69, 9.17) is 0 Å². The van der Waals surface area contributed by atoms with Crippen molar-refractivity contribution >= 4 is 22.6 Å². The van der Waals surface area contributed by atoms with Gasteiger partial charge in [0, 0.05) is 12.6 Å². The molecule has 12 heavy (non-hydrogen) atoms. The number of halogens is 2. The highest BCUT2D eigenvalue weighted by atomic mass is 127. The van der Waals surface area contributed by atoms with Crippen LogP contribution in [0.5, 0.6) is 0 Å². The Morgan fingerprint density at radius 3 is 2.08 bits per heavy atom. The first-order valence-corrected chi connectivity index (χ1v) is 4.80. The second-order valence-electron chi connectivity index (χ2n) is 3.83. The van der Waals surface area contributed by atoms with Crippen molar-refractivity contribution < 1.29 is 4.39 Å². The van der Waals surface area contributed by atoms with Crippen LogP contribution in [-0.2, 0) is 12.5 Å². The van der Waals surface area contributed by atoms with Gasteiger partial charge in [0.15, 0.2) is 0 Å². The average Bonchev–Trinajstić information content (AvgIpc) is 2.05. The molecule has 1 rings (SSSR count). The maximum atomic E-state index is 13.2. The zero-order chi connectivity index (χ0) is 9.52. The van der Waals surface area contributed by atoms with Gasteiger partial charge in [0.25, 0.3) is 0 Å². The summed E-state index contributed by atoms with van der Waals surface area (Å²) in [6, 6.07) is 0. The molecular weight excluding hydrogens is 270 g/mol. The van der Waals surface area contributed by atoms with E-state index in [1.165, 1.54) is 0 Å². The molecule has 0 amide bonds. The van der Waals surface area contributed by atoms with E-state index in [0.29, 0.717) is 5.56 Å². The van der Waals surface area contributed by atoms with E-state index in [0.717, 1.165) is 3.70 Å². The molecule has 0 aliphatic rings. The first-order chi connectivity index (χ1) is 5.34. The summed E-state index contributed by atoms with van der Waals surface area (Å²) >= 11 is 2.11. The molecule has 0 aromatic carbocycles. The second-order valence-corrected chi connectivity index (χ2v) is 4.85. The van der Waals surface area contributed by atoms with Crippen molar-refractivity contribution in [3.63, 3.8) is 0 Å². The Morgan fingerprint density at radius 1 is 1.42 bits per heavy atom. The molecule has 0 N–H and O–H groups in total. The van der Waals surface area contributed by atoms with E-state index in [1.54, 1.807) is 11.7 Å². The predicted molar refractivity (Wildman–Crippen MR) is 54.6 cm³/mol. The van der Waals surface area contributed by atoms with Crippen LogP contribution >= 0.6 is 22.6 Å². The first kappa shape index (κ1) is 9.95. The fourth-order valence-corrected chi connectivity index (χ4v) is 2.23. The third kappa shape index (κ3) is 1.62. The van der Waals surface area contributed by atoms with Crippen LogP contribution in [-0.4, -0.2) is 9.78 Å². The molecule has 0 bridgehead atoms. The molecule has 1 aromatic rings. The zero-order valence-corrected chi connectivity index (χ0v) is 9.81. The Balaban J connectivity index is 3.32. The van der Waals surface area contributed by atoms with Gasteiger partial charge in [-0.15, -0.1) is 5.10 Å². The predicted octanol–water partition coefficient (Wildman–Crippen LogP) is 2.46. The first-order valence-electron chi connectivity index (χ1n) is 3.72. The molecule has 4 heteroatoms. The van der Waals surface area contributed by atoms with Crippen molar-refractivity contribution in [2.24, 2.45) is 7.05 Å². The van der Waals surface area contributed by atoms with Crippen LogP contribution in [0.1, 0.15) is 26.3 Å². The van der Waals surface area contributed by atoms with Gasteiger partial charge in [-0.3, -0.25) is 4.68 Å². The Morgan fingerprint density at radius 2 is 1.92 bits per heavy atom. The highest BCUT2D eigenvalue weighted by molar-refractivity contribution is 14.1. The Hall–Kier alpha value is -0.130. The monoisotopic (exact) mass is 282 g/mol. The average molecular weight is 282 g/mol. The summed E-state index contributed by atoms with van der Waals surface area (Å²) in [5, 5.41) is 3.72. The third-order valence-electron chi connectivity index (χ3n) is 1.68. The standard InChI is InChI=1S/C8H12FIN2/c1-8(2,3)5-6(9)11-12(4)7(5)10/h1-4H3. The van der Waals surface area contributed by atoms with Crippen molar-refractivity contribution in [1.29, 1.82) is 0 Å². The van der Waals surface area contributed by atoms with Gasteiger partial charge in [-0.1, -0.05) is 20.8 Å². The lowest BCUT2D eigenvalue weighted by Crippen LogP contribution is -2.14. The minimum absolute atomic E-state index is 0.172. The van der Waals surface area contributed by atoms with Crippen LogP contribution in [0.25, 0.3) is 0 Å². The van der Waals surface area contributed by atoms with E-state index in [-0.39, 0.29) is 11.4 Å². The lowest BCUT2D eigenvalue weighted by molar-refractivity contribution is 0.501. The Kier molecular flexibility index (Phi) is 2.47. The molecule has 0 aliphatic heterocycles. The summed E-state index contributed by atoms with van der Waals surface area (Å²) in [6.45, 7) is 5.94. The molecule has 0 unspecified atom stereocenters. The summed E-state index contributed by atoms with van der Waals surface area (Å²) < 4.78 is 15.7. The number of aromatic nitrogens is 2. The molecule has 1 heterocycles. The van der Waals surface area contributed by atoms with Crippen LogP contribution < -0.4 is 0 Å². The Labute approximate surface area is 85.3 Å². The summed E-state index contributed by atoms with van der Waals surface area (Å²) in [5.41, 5.74) is 0.528. The van der Waals surface area contributed by atoms with Crippen LogP contribution in [0.4, 0.5) is 4.39 Å². The van der Waals surface area contributed by atoms with Gasteiger partial charge in [-0.2, -0.15) is 4.39 Å². The fourth-order valence-electron chi connectivity index (χ4n) is 1.09. The molecule has 1 aromatic heterocycles. The van der Waals surface area contributed by atoms with Gasteiger partial charge in [0.05, 0.1) is 0 Å². The lowest BCUT2D eigenvalue weighted by Gasteiger charge is -2.16. The van der Waals surface area contributed by atoms with Gasteiger partial charge >= 0.3 is 0 Å². The number of rotatable bonds is 0. The van der Waals surface area contributed by atoms with Gasteiger partial charge in [-0.25, -0.2) is 0 Å². The van der Waals surface area contributed by atoms with E-state index in [2.05, 4.69) is 27.7 Å². The smallest absolute Gasteiger partial charge is 0.237 e. The topological polar surface area (TPSA) is 17.8 Å². The number of nitrogens with zero attached hydrogens (tertiary/aromatic N) is 2. The second kappa shape index (κ2) is 2.97. The quantitative estimate of drug-likeness (QED) is 0.668. The maximum Gasteiger partial charge on any atom is 0.237 e. The van der Waals surface area contributed by atoms with Gasteiger partial charge in [0.2, 0.25) is 5.95 Å². The van der Waals surface area contributed by atoms with E-state index in [9.17, 15) is 4.39 Å². The highest BCUT2D eigenvalue weighted by Gasteiger charge is 2.25. The summed E-state index contributed by atoms with van der Waals surface area (Å²) in [7, 11) is 1.75. The van der Waals surface area contributed by atoms with Crippen LogP contribution in [0.3, 0.4) is 0 Å². The molecule has 0 saturated carbocycles. The maximum absolute atomic E-state index is 13.2. The lowest BCUT2D eigenvalue weighted by atomic mass is 9.89. The fraction of sp³-hybridized carbons (Fsp3) is 0.625. The summed E-state index contributed by atoms with van der Waals surface area (Å²) in [5.74, 6) is -0.352. The number of hydrogen-bond donors (Lipinski definition) is 0. The largest absolute Gasteiger partial charge is 0.259 e. The van der Waals surface area contributed by atoms with E-state index < -0.39 is 0 Å². The highest BCUT2D eigenvalue weighted by Crippen LogP contribution is 2.28. The molecule has 0 spiro atoms. The molecular formula is C8H12FIN2. The minimum Gasteiger partial charge on any atom is -0.259 e. The number of hydrogen-bond acceptors (Lipinski definition) is 1. The van der Waals surface area contributed by atoms with Gasteiger partial charge < -0.3 is 0 Å². The molecule has 0 aliphatic carbocycles. The SMILES string of the molecule is Cn1nc(F)c(C(C)(C)C)c1I. The van der Waals surface area contributed by atoms with Crippen molar-refractivity contribution in [3.8, 4) is 0 Å². The molecule has 68 valence electrons. The zero-order valence-electron chi connectivity index (χ0n) is 7.65. The van der Waals surface area contributed by atoms with Gasteiger partial charge in [0.1, 0.15) is 3.70 Å². The molecule has 0 atom stereocenters. The molecule has 2 nitrogen and oxygen atoms in total. The van der Waals surface area contributed by atoms with Gasteiger partial charge in [-0.05, 0) is 28.0 Å². The normalized spacial score (nSPS) is 12.2. The van der Waals surface area contributed by atoms with E-state index in [1.807, 2.05) is 20.8 Å². The van der Waals surface area contributed by atoms with Crippen molar-refractivity contribution in [1.82, 2.24) is 9.78 Å². The van der Waals surface area contributed by atoms with Crippen molar-refractivity contribution in [2.45, 2.75) is 26.2 Å². The van der Waals surface area contributed by atoms with Crippen LogP contribution in [0, 0.1) is 9.65 Å². The molecule has 0 fully saturated rings. The third-order valence-corrected chi connectivity index (χ3v) is 2.92. The summed E-state index contributed by atoms with van der Waals surface area (Å²) in [6.07, 6.45) is 0. The van der Waals surface area contributed by atoms with Crippen LogP contribution in [0.15, 0.2) is 0 Å². The van der Waals surface area contributed by atoms with Crippen molar-refractivity contribution in [3.05, 3.63) is 15.2 Å². The minimum atomic E-state index is -0.352. The number of aryl methyl sites for hydroxylation is 1. The van der Waals surface area contributed by atoms with E-state index >= 15 is 0 Å². The molecule has 0 radical (unpaired) electrons. The van der Waals surface area contributed by atoms with Crippen molar-refractivity contribution in [2.75, 3.05) is 0 Å². The summed E-state index contributed by atoms with van der Waals surface area (Å²) in [4.78, 5) is 0. The van der Waals surface area contributed by atoms with Crippen LogP contribution in [0.2, 0.25) is 0 Å².